The summed E-state index contributed by atoms with van der Waals surface area (Å²) in [5.74, 6) is -1.31. The van der Waals surface area contributed by atoms with Gasteiger partial charge in [0.25, 0.3) is 0 Å². The molecule has 0 saturated heterocycles. The maximum atomic E-state index is 13.1. The van der Waals surface area contributed by atoms with Gasteiger partial charge < -0.3 is 20.5 Å². The van der Waals surface area contributed by atoms with Crippen LogP contribution in [0, 0.1) is 11.8 Å². The molecule has 3 atom stereocenters. The van der Waals surface area contributed by atoms with Crippen LogP contribution >= 0.6 is 0 Å². The SMILES string of the molecule is CC(CC(=O)O)(NC(=O)[C@H]1CCC[C@H]1NC(=O)OCC1c2ccccc2-c2ccccc21)C1CC1. The number of carboxylic acid groups (broad SMARTS) is 1. The van der Waals surface area contributed by atoms with Gasteiger partial charge in [-0.1, -0.05) is 55.0 Å². The summed E-state index contributed by atoms with van der Waals surface area (Å²) in [6, 6.07) is 16.0. The molecule has 0 radical (unpaired) electrons. The molecule has 2 saturated carbocycles. The fourth-order valence-electron chi connectivity index (χ4n) is 5.94. The number of hydrogen-bond acceptors (Lipinski definition) is 4. The maximum absolute atomic E-state index is 13.1. The van der Waals surface area contributed by atoms with Crippen LogP contribution in [-0.2, 0) is 14.3 Å². The van der Waals surface area contributed by atoms with E-state index < -0.39 is 17.6 Å². The highest BCUT2D eigenvalue weighted by Crippen LogP contribution is 2.45. The van der Waals surface area contributed by atoms with Crippen molar-refractivity contribution in [3.8, 4) is 11.1 Å². The first-order valence-corrected chi connectivity index (χ1v) is 12.5. The zero-order valence-electron chi connectivity index (χ0n) is 20.0. The van der Waals surface area contributed by atoms with Gasteiger partial charge in [0.2, 0.25) is 5.91 Å². The summed E-state index contributed by atoms with van der Waals surface area (Å²) in [5.41, 5.74) is 3.89. The number of rotatable bonds is 8. The van der Waals surface area contributed by atoms with Gasteiger partial charge in [0.1, 0.15) is 6.61 Å². The van der Waals surface area contributed by atoms with Crippen molar-refractivity contribution in [3.05, 3.63) is 59.7 Å². The van der Waals surface area contributed by atoms with Crippen LogP contribution in [0.5, 0.6) is 0 Å². The maximum Gasteiger partial charge on any atom is 0.407 e. The van der Waals surface area contributed by atoms with Crippen LogP contribution in [-0.4, -0.2) is 41.3 Å². The Morgan fingerprint density at radius 3 is 2.20 bits per heavy atom. The lowest BCUT2D eigenvalue weighted by Crippen LogP contribution is -2.53. The lowest BCUT2D eigenvalue weighted by atomic mass is 9.90. The monoisotopic (exact) mass is 476 g/mol. The van der Waals surface area contributed by atoms with Crippen LogP contribution in [0.3, 0.4) is 0 Å². The second kappa shape index (κ2) is 9.36. The number of carbonyl (C=O) groups is 3. The lowest BCUT2D eigenvalue weighted by molar-refractivity contribution is -0.139. The molecule has 0 aliphatic heterocycles. The Hall–Kier alpha value is -3.35. The van der Waals surface area contributed by atoms with Gasteiger partial charge in [0.05, 0.1) is 17.9 Å². The second-order valence-electron chi connectivity index (χ2n) is 10.4. The Balaban J connectivity index is 1.20. The van der Waals surface area contributed by atoms with Crippen LogP contribution in [0.1, 0.15) is 62.5 Å². The minimum Gasteiger partial charge on any atom is -0.481 e. The summed E-state index contributed by atoms with van der Waals surface area (Å²) < 4.78 is 5.67. The number of ether oxygens (including phenoxy) is 1. The highest BCUT2D eigenvalue weighted by molar-refractivity contribution is 5.83. The molecule has 3 aliphatic carbocycles. The normalized spacial score (nSPS) is 22.5. The summed E-state index contributed by atoms with van der Waals surface area (Å²) in [6.45, 7) is 2.04. The molecular weight excluding hydrogens is 444 g/mol. The first kappa shape index (κ1) is 23.4. The van der Waals surface area contributed by atoms with E-state index in [0.29, 0.717) is 12.8 Å². The first-order valence-electron chi connectivity index (χ1n) is 12.5. The van der Waals surface area contributed by atoms with E-state index in [0.717, 1.165) is 30.4 Å². The third kappa shape index (κ3) is 4.77. The van der Waals surface area contributed by atoms with Gasteiger partial charge in [-0.15, -0.1) is 0 Å². The molecule has 2 aromatic carbocycles. The zero-order valence-corrected chi connectivity index (χ0v) is 20.0. The van der Waals surface area contributed by atoms with Crippen molar-refractivity contribution in [2.75, 3.05) is 6.61 Å². The smallest absolute Gasteiger partial charge is 0.407 e. The molecule has 3 N–H and O–H groups in total. The van der Waals surface area contributed by atoms with Gasteiger partial charge in [-0.05, 0) is 60.8 Å². The number of hydrogen-bond donors (Lipinski definition) is 3. The average molecular weight is 477 g/mol. The van der Waals surface area contributed by atoms with Gasteiger partial charge >= 0.3 is 12.1 Å². The topological polar surface area (TPSA) is 105 Å². The molecule has 0 aromatic heterocycles. The Morgan fingerprint density at radius 1 is 0.971 bits per heavy atom. The molecule has 35 heavy (non-hydrogen) atoms. The number of carbonyl (C=O) groups excluding carboxylic acids is 2. The molecule has 0 bridgehead atoms. The number of benzene rings is 2. The molecule has 0 heterocycles. The van der Waals surface area contributed by atoms with Crippen LogP contribution in [0.25, 0.3) is 11.1 Å². The minimum absolute atomic E-state index is 0.0221. The average Bonchev–Trinajstić information content (AvgIpc) is 3.52. The molecule has 2 aromatic rings. The van der Waals surface area contributed by atoms with E-state index in [-0.39, 0.29) is 42.7 Å². The summed E-state index contributed by atoms with van der Waals surface area (Å²) in [7, 11) is 0. The summed E-state index contributed by atoms with van der Waals surface area (Å²) in [6.07, 6.45) is 3.42. The predicted molar refractivity (Wildman–Crippen MR) is 131 cm³/mol. The third-order valence-corrected chi connectivity index (χ3v) is 7.91. The minimum atomic E-state index is -0.917. The largest absolute Gasteiger partial charge is 0.481 e. The molecule has 3 aliphatic rings. The fraction of sp³-hybridized carbons (Fsp3) is 0.464. The van der Waals surface area contributed by atoms with E-state index in [1.165, 1.54) is 11.1 Å². The highest BCUT2D eigenvalue weighted by atomic mass is 16.5. The molecule has 7 heteroatoms. The van der Waals surface area contributed by atoms with Crippen molar-refractivity contribution in [1.82, 2.24) is 10.6 Å². The van der Waals surface area contributed by atoms with E-state index >= 15 is 0 Å². The number of aliphatic carboxylic acids is 1. The molecule has 0 spiro atoms. The second-order valence-corrected chi connectivity index (χ2v) is 10.4. The summed E-state index contributed by atoms with van der Waals surface area (Å²) in [4.78, 5) is 37.2. The molecule has 1 unspecified atom stereocenters. The fourth-order valence-corrected chi connectivity index (χ4v) is 5.94. The van der Waals surface area contributed by atoms with Crippen LogP contribution in [0.2, 0.25) is 0 Å². The van der Waals surface area contributed by atoms with Gasteiger partial charge in [0.15, 0.2) is 0 Å². The van der Waals surface area contributed by atoms with Crippen molar-refractivity contribution in [1.29, 1.82) is 0 Å². The Bertz CT molecular complexity index is 1100. The predicted octanol–water partition coefficient (Wildman–Crippen LogP) is 4.45. The molecule has 184 valence electrons. The number of nitrogens with one attached hydrogen (secondary N) is 2. The Morgan fingerprint density at radius 2 is 1.60 bits per heavy atom. The number of carboxylic acids is 1. The molecule has 7 nitrogen and oxygen atoms in total. The van der Waals surface area contributed by atoms with E-state index in [9.17, 15) is 19.5 Å². The van der Waals surface area contributed by atoms with E-state index in [1.807, 2.05) is 31.2 Å². The van der Waals surface area contributed by atoms with E-state index in [4.69, 9.17) is 4.74 Å². The summed E-state index contributed by atoms with van der Waals surface area (Å²) >= 11 is 0. The van der Waals surface area contributed by atoms with Crippen molar-refractivity contribution in [2.24, 2.45) is 11.8 Å². The third-order valence-electron chi connectivity index (χ3n) is 7.91. The van der Waals surface area contributed by atoms with Gasteiger partial charge in [-0.25, -0.2) is 4.79 Å². The first-order chi connectivity index (χ1) is 16.9. The van der Waals surface area contributed by atoms with Crippen LogP contribution < -0.4 is 10.6 Å². The molecule has 5 rings (SSSR count). The standard InChI is InChI=1S/C28H32N2O5/c1-28(15-25(31)32,17-13-14-17)30-26(33)22-11-6-12-24(22)29-27(34)35-16-23-20-9-4-2-7-18(20)19-8-3-5-10-21(19)23/h2-5,7-10,17,22-24H,6,11-16H2,1H3,(H,29,34)(H,30,33)(H,31,32)/t22-,24+,28?/m0/s1. The number of amides is 2. The number of alkyl carbamates (subject to hydrolysis) is 1. The molecule has 2 amide bonds. The Kier molecular flexibility index (Phi) is 6.26. The number of fused-ring (bicyclic) bond motifs is 3. The van der Waals surface area contributed by atoms with Crippen LogP contribution in [0.4, 0.5) is 4.79 Å². The van der Waals surface area contributed by atoms with Gasteiger partial charge in [0, 0.05) is 12.0 Å². The molecule has 2 fully saturated rings. The zero-order chi connectivity index (χ0) is 24.6. The van der Waals surface area contributed by atoms with Gasteiger partial charge in [-0.2, -0.15) is 0 Å². The molecular formula is C28H32N2O5. The van der Waals surface area contributed by atoms with Gasteiger partial charge in [-0.3, -0.25) is 9.59 Å². The lowest BCUT2D eigenvalue weighted by Gasteiger charge is -2.32. The van der Waals surface area contributed by atoms with E-state index in [1.54, 1.807) is 0 Å². The van der Waals surface area contributed by atoms with Crippen molar-refractivity contribution in [3.63, 3.8) is 0 Å². The Labute approximate surface area is 205 Å². The highest BCUT2D eigenvalue weighted by Gasteiger charge is 2.46. The van der Waals surface area contributed by atoms with Crippen molar-refractivity contribution >= 4 is 18.0 Å². The van der Waals surface area contributed by atoms with Crippen molar-refractivity contribution in [2.45, 2.75) is 62.9 Å². The van der Waals surface area contributed by atoms with E-state index in [2.05, 4.69) is 34.9 Å². The van der Waals surface area contributed by atoms with Crippen molar-refractivity contribution < 1.29 is 24.2 Å². The summed E-state index contributed by atoms with van der Waals surface area (Å²) in [5, 5.41) is 15.3. The van der Waals surface area contributed by atoms with Crippen LogP contribution in [0.15, 0.2) is 48.5 Å². The quantitative estimate of drug-likeness (QED) is 0.522.